The highest BCUT2D eigenvalue weighted by molar-refractivity contribution is 6.33. The van der Waals surface area contributed by atoms with E-state index in [-0.39, 0.29) is 17.1 Å². The van der Waals surface area contributed by atoms with Gasteiger partial charge in [-0.15, -0.1) is 0 Å². The van der Waals surface area contributed by atoms with Crippen molar-refractivity contribution in [1.82, 2.24) is 5.32 Å². The largest absolute Gasteiger partial charge is 0.391 e. The van der Waals surface area contributed by atoms with Gasteiger partial charge < -0.3 is 10.4 Å². The van der Waals surface area contributed by atoms with Crippen molar-refractivity contribution in [3.8, 4) is 0 Å². The van der Waals surface area contributed by atoms with Crippen molar-refractivity contribution in [2.24, 2.45) is 5.92 Å². The summed E-state index contributed by atoms with van der Waals surface area (Å²) in [5.74, 6) is -0.951. The van der Waals surface area contributed by atoms with Crippen LogP contribution in [0.2, 0.25) is 5.02 Å². The van der Waals surface area contributed by atoms with Gasteiger partial charge in [-0.25, -0.2) is 4.39 Å². The van der Waals surface area contributed by atoms with Crippen LogP contribution in [0.4, 0.5) is 4.39 Å². The fourth-order valence-electron chi connectivity index (χ4n) is 1.64. The molecule has 1 rings (SSSR count). The van der Waals surface area contributed by atoms with Crippen LogP contribution in [0.15, 0.2) is 18.2 Å². The van der Waals surface area contributed by atoms with Crippen molar-refractivity contribution in [2.45, 2.75) is 26.4 Å². The fourth-order valence-corrected chi connectivity index (χ4v) is 1.89. The minimum Gasteiger partial charge on any atom is -0.391 e. The molecule has 0 aliphatic heterocycles. The van der Waals surface area contributed by atoms with Crippen molar-refractivity contribution < 1.29 is 14.3 Å². The van der Waals surface area contributed by atoms with E-state index in [2.05, 4.69) is 5.32 Å². The number of aliphatic hydroxyl groups is 1. The standard InChI is InChI=1S/C13H17ClFNO2/c1-8(2)6-9(17)7-16-13(18)12-10(14)4-3-5-11(12)15/h3-5,8-9,17H,6-7H2,1-2H3,(H,16,18). The van der Waals surface area contributed by atoms with Crippen LogP contribution in [0.25, 0.3) is 0 Å². The van der Waals surface area contributed by atoms with Gasteiger partial charge in [-0.3, -0.25) is 4.79 Å². The van der Waals surface area contributed by atoms with E-state index in [1.807, 2.05) is 13.8 Å². The number of amides is 1. The molecule has 0 fully saturated rings. The number of hydrogen-bond acceptors (Lipinski definition) is 2. The van der Waals surface area contributed by atoms with Crippen molar-refractivity contribution >= 4 is 17.5 Å². The molecule has 1 unspecified atom stereocenters. The quantitative estimate of drug-likeness (QED) is 0.866. The summed E-state index contributed by atoms with van der Waals surface area (Å²) in [7, 11) is 0. The van der Waals surface area contributed by atoms with Gasteiger partial charge in [-0.1, -0.05) is 31.5 Å². The summed E-state index contributed by atoms with van der Waals surface area (Å²) in [4.78, 5) is 11.7. The molecular weight excluding hydrogens is 257 g/mol. The van der Waals surface area contributed by atoms with Gasteiger partial charge in [0.2, 0.25) is 0 Å². The lowest BCUT2D eigenvalue weighted by Gasteiger charge is -2.14. The van der Waals surface area contributed by atoms with Crippen LogP contribution in [-0.2, 0) is 0 Å². The van der Waals surface area contributed by atoms with E-state index in [4.69, 9.17) is 11.6 Å². The third-order valence-corrected chi connectivity index (χ3v) is 2.75. The zero-order chi connectivity index (χ0) is 13.7. The molecule has 0 aromatic heterocycles. The van der Waals surface area contributed by atoms with Crippen LogP contribution in [0.5, 0.6) is 0 Å². The van der Waals surface area contributed by atoms with E-state index < -0.39 is 17.8 Å². The van der Waals surface area contributed by atoms with Crippen molar-refractivity contribution in [3.63, 3.8) is 0 Å². The van der Waals surface area contributed by atoms with Gasteiger partial charge in [0.1, 0.15) is 5.82 Å². The molecule has 0 spiro atoms. The molecule has 3 nitrogen and oxygen atoms in total. The summed E-state index contributed by atoms with van der Waals surface area (Å²) in [6.45, 7) is 4.03. The van der Waals surface area contributed by atoms with Gasteiger partial charge in [0.15, 0.2) is 0 Å². The molecule has 1 amide bonds. The Morgan fingerprint density at radius 3 is 2.72 bits per heavy atom. The Labute approximate surface area is 111 Å². The number of benzene rings is 1. The monoisotopic (exact) mass is 273 g/mol. The fraction of sp³-hybridized carbons (Fsp3) is 0.462. The Hall–Kier alpha value is -1.13. The van der Waals surface area contributed by atoms with E-state index in [0.717, 1.165) is 0 Å². The van der Waals surface area contributed by atoms with Gasteiger partial charge in [0.05, 0.1) is 16.7 Å². The molecule has 100 valence electrons. The molecule has 0 radical (unpaired) electrons. The summed E-state index contributed by atoms with van der Waals surface area (Å²) < 4.78 is 13.4. The number of halogens is 2. The average Bonchev–Trinajstić information content (AvgIpc) is 2.25. The zero-order valence-electron chi connectivity index (χ0n) is 10.4. The molecule has 0 bridgehead atoms. The minimum atomic E-state index is -0.668. The van der Waals surface area contributed by atoms with Gasteiger partial charge >= 0.3 is 0 Å². The first-order valence-corrected chi connectivity index (χ1v) is 6.20. The van der Waals surface area contributed by atoms with Crippen molar-refractivity contribution in [2.75, 3.05) is 6.54 Å². The molecule has 0 aliphatic carbocycles. The normalized spacial score (nSPS) is 12.6. The Kier molecular flexibility index (Phi) is 5.56. The lowest BCUT2D eigenvalue weighted by atomic mass is 10.1. The number of carbonyl (C=O) groups excluding carboxylic acids is 1. The molecule has 18 heavy (non-hydrogen) atoms. The summed E-state index contributed by atoms with van der Waals surface area (Å²) >= 11 is 5.76. The molecule has 0 aliphatic rings. The van der Waals surface area contributed by atoms with Gasteiger partial charge in [-0.05, 0) is 24.5 Å². The van der Waals surface area contributed by atoms with Gasteiger partial charge in [0, 0.05) is 6.54 Å². The maximum atomic E-state index is 13.4. The predicted octanol–water partition coefficient (Wildman–Crippen LogP) is 2.62. The number of hydrogen-bond donors (Lipinski definition) is 2. The third kappa shape index (κ3) is 4.27. The van der Waals surface area contributed by atoms with E-state index >= 15 is 0 Å². The summed E-state index contributed by atoms with van der Waals surface area (Å²) in [5, 5.41) is 12.1. The maximum Gasteiger partial charge on any atom is 0.255 e. The summed E-state index contributed by atoms with van der Waals surface area (Å²) in [6.07, 6.45) is -0.0647. The topological polar surface area (TPSA) is 49.3 Å². The van der Waals surface area contributed by atoms with E-state index in [1.54, 1.807) is 0 Å². The molecule has 5 heteroatoms. The highest BCUT2D eigenvalue weighted by atomic mass is 35.5. The van der Waals surface area contributed by atoms with E-state index in [0.29, 0.717) is 12.3 Å². The van der Waals surface area contributed by atoms with Crippen molar-refractivity contribution in [1.29, 1.82) is 0 Å². The third-order valence-electron chi connectivity index (χ3n) is 2.43. The zero-order valence-corrected chi connectivity index (χ0v) is 11.2. The second-order valence-electron chi connectivity index (χ2n) is 4.59. The molecule has 0 saturated heterocycles. The number of nitrogens with one attached hydrogen (secondary N) is 1. The van der Waals surface area contributed by atoms with Crippen LogP contribution < -0.4 is 5.32 Å². The Bertz CT molecular complexity index is 403. The SMILES string of the molecule is CC(C)CC(O)CNC(=O)c1c(F)cccc1Cl. The van der Waals surface area contributed by atoms with Gasteiger partial charge in [-0.2, -0.15) is 0 Å². The van der Waals surface area contributed by atoms with Crippen LogP contribution in [0.1, 0.15) is 30.6 Å². The first kappa shape index (κ1) is 14.9. The van der Waals surface area contributed by atoms with Crippen LogP contribution in [0, 0.1) is 11.7 Å². The highest BCUT2D eigenvalue weighted by Crippen LogP contribution is 2.18. The summed E-state index contributed by atoms with van der Waals surface area (Å²) in [6, 6.07) is 4.05. The molecule has 2 N–H and O–H groups in total. The van der Waals surface area contributed by atoms with Crippen LogP contribution >= 0.6 is 11.6 Å². The van der Waals surface area contributed by atoms with Crippen LogP contribution in [0.3, 0.4) is 0 Å². The number of rotatable bonds is 5. The molecule has 0 saturated carbocycles. The first-order chi connectivity index (χ1) is 8.41. The molecule has 0 heterocycles. The molecule has 1 aromatic rings. The summed E-state index contributed by atoms with van der Waals surface area (Å²) in [5.41, 5.74) is -0.184. The van der Waals surface area contributed by atoms with Gasteiger partial charge in [0.25, 0.3) is 5.91 Å². The lowest BCUT2D eigenvalue weighted by Crippen LogP contribution is -2.33. The van der Waals surface area contributed by atoms with Crippen molar-refractivity contribution in [3.05, 3.63) is 34.6 Å². The molecule has 1 aromatic carbocycles. The Balaban J connectivity index is 2.61. The Morgan fingerprint density at radius 1 is 1.50 bits per heavy atom. The van der Waals surface area contributed by atoms with E-state index in [1.165, 1.54) is 18.2 Å². The maximum absolute atomic E-state index is 13.4. The number of aliphatic hydroxyl groups excluding tert-OH is 1. The molecular formula is C13H17ClFNO2. The second-order valence-corrected chi connectivity index (χ2v) is 5.00. The predicted molar refractivity (Wildman–Crippen MR) is 69.2 cm³/mol. The number of carbonyl (C=O) groups is 1. The average molecular weight is 274 g/mol. The minimum absolute atomic E-state index is 0.0610. The molecule has 1 atom stereocenters. The smallest absolute Gasteiger partial charge is 0.255 e. The Morgan fingerprint density at radius 2 is 2.17 bits per heavy atom. The first-order valence-electron chi connectivity index (χ1n) is 5.82. The van der Waals surface area contributed by atoms with E-state index in [9.17, 15) is 14.3 Å². The second kappa shape index (κ2) is 6.71. The van der Waals surface area contributed by atoms with Crippen LogP contribution in [-0.4, -0.2) is 23.7 Å². The lowest BCUT2D eigenvalue weighted by molar-refractivity contribution is 0.0896. The highest BCUT2D eigenvalue weighted by Gasteiger charge is 2.16.